The van der Waals surface area contributed by atoms with Crippen molar-refractivity contribution in [1.82, 2.24) is 10.2 Å². The summed E-state index contributed by atoms with van der Waals surface area (Å²) in [7, 11) is 3.18. The molecule has 2 aromatic carbocycles. The molecule has 0 fully saturated rings. The van der Waals surface area contributed by atoms with Crippen molar-refractivity contribution >= 4 is 0 Å². The molecule has 24 heavy (non-hydrogen) atoms. The minimum absolute atomic E-state index is 0.162. The number of ether oxygens (including phenoxy) is 3. The largest absolute Gasteiger partial charge is 0.496 e. The van der Waals surface area contributed by atoms with Gasteiger partial charge in [-0.15, -0.1) is 10.2 Å². The maximum atomic E-state index is 5.69. The fraction of sp³-hybridized carbons (Fsp3) is 0.222. The van der Waals surface area contributed by atoms with Gasteiger partial charge in [0, 0.05) is 23.8 Å². The molecule has 0 spiro atoms. The summed E-state index contributed by atoms with van der Waals surface area (Å²) in [6.07, 6.45) is 0. The van der Waals surface area contributed by atoms with E-state index >= 15 is 0 Å². The highest BCUT2D eigenvalue weighted by molar-refractivity contribution is 5.53. The van der Waals surface area contributed by atoms with Crippen LogP contribution in [-0.4, -0.2) is 24.4 Å². The van der Waals surface area contributed by atoms with Crippen molar-refractivity contribution in [3.63, 3.8) is 0 Å². The second kappa shape index (κ2) is 7.04. The van der Waals surface area contributed by atoms with Gasteiger partial charge in [-0.2, -0.15) is 0 Å². The molecule has 3 rings (SSSR count). The third-order valence-corrected chi connectivity index (χ3v) is 3.42. The first-order chi connectivity index (χ1) is 11.7. The number of rotatable bonds is 6. The number of hydrogen-bond donors (Lipinski definition) is 0. The van der Waals surface area contributed by atoms with Crippen LogP contribution in [0.1, 0.15) is 11.5 Å². The smallest absolute Gasteiger partial charge is 0.254 e. The van der Waals surface area contributed by atoms with Gasteiger partial charge in [-0.3, -0.25) is 0 Å². The minimum atomic E-state index is 0.162. The van der Waals surface area contributed by atoms with Crippen LogP contribution < -0.4 is 14.2 Å². The Labute approximate surface area is 140 Å². The molecule has 0 atom stereocenters. The monoisotopic (exact) mass is 326 g/mol. The SMILES string of the molecule is COc1cc(OC)cc(OCc2nnc(-c3cccc(C)c3)o2)c1. The Balaban J connectivity index is 1.72. The maximum absolute atomic E-state index is 5.69. The van der Waals surface area contributed by atoms with Crippen molar-refractivity contribution < 1.29 is 18.6 Å². The van der Waals surface area contributed by atoms with E-state index in [0.29, 0.717) is 29.0 Å². The molecule has 0 bridgehead atoms. The Morgan fingerprint density at radius 2 is 1.62 bits per heavy atom. The predicted molar refractivity (Wildman–Crippen MR) is 88.3 cm³/mol. The zero-order valence-corrected chi connectivity index (χ0v) is 13.8. The van der Waals surface area contributed by atoms with E-state index in [1.807, 2.05) is 31.2 Å². The van der Waals surface area contributed by atoms with E-state index in [-0.39, 0.29) is 6.61 Å². The molecule has 0 aliphatic rings. The molecular formula is C18H18N2O4. The Morgan fingerprint density at radius 3 is 2.29 bits per heavy atom. The first kappa shape index (κ1) is 15.9. The normalized spacial score (nSPS) is 10.5. The molecule has 0 saturated heterocycles. The molecular weight excluding hydrogens is 308 g/mol. The molecule has 0 saturated carbocycles. The Hall–Kier alpha value is -3.02. The molecule has 124 valence electrons. The van der Waals surface area contributed by atoms with Gasteiger partial charge < -0.3 is 18.6 Å². The average molecular weight is 326 g/mol. The zero-order chi connectivity index (χ0) is 16.9. The molecule has 0 unspecified atom stereocenters. The molecule has 0 amide bonds. The summed E-state index contributed by atoms with van der Waals surface area (Å²) in [5, 5.41) is 8.08. The molecule has 3 aromatic rings. The number of nitrogens with zero attached hydrogens (tertiary/aromatic N) is 2. The number of aryl methyl sites for hydroxylation is 1. The standard InChI is InChI=1S/C18H18N2O4/c1-12-5-4-6-13(7-12)18-20-19-17(24-18)11-23-16-9-14(21-2)8-15(10-16)22-3/h4-10H,11H2,1-3H3. The Morgan fingerprint density at radius 1 is 0.917 bits per heavy atom. The number of benzene rings is 2. The van der Waals surface area contributed by atoms with Gasteiger partial charge in [0.25, 0.3) is 5.89 Å². The fourth-order valence-corrected chi connectivity index (χ4v) is 2.22. The summed E-state index contributed by atoms with van der Waals surface area (Å²) >= 11 is 0. The molecule has 6 heteroatoms. The first-order valence-electron chi connectivity index (χ1n) is 7.43. The van der Waals surface area contributed by atoms with E-state index < -0.39 is 0 Å². The van der Waals surface area contributed by atoms with Gasteiger partial charge >= 0.3 is 0 Å². The van der Waals surface area contributed by atoms with Crippen molar-refractivity contribution in [2.24, 2.45) is 0 Å². The molecule has 1 heterocycles. The van der Waals surface area contributed by atoms with Crippen LogP contribution in [0.15, 0.2) is 46.9 Å². The van der Waals surface area contributed by atoms with E-state index in [1.165, 1.54) is 0 Å². The highest BCUT2D eigenvalue weighted by Crippen LogP contribution is 2.28. The van der Waals surface area contributed by atoms with E-state index in [9.17, 15) is 0 Å². The predicted octanol–water partition coefficient (Wildman–Crippen LogP) is 3.64. The lowest BCUT2D eigenvalue weighted by Gasteiger charge is -2.08. The quantitative estimate of drug-likeness (QED) is 0.689. The fourth-order valence-electron chi connectivity index (χ4n) is 2.22. The second-order valence-electron chi connectivity index (χ2n) is 5.21. The summed E-state index contributed by atoms with van der Waals surface area (Å²) in [6, 6.07) is 13.2. The summed E-state index contributed by atoms with van der Waals surface area (Å²) in [5.41, 5.74) is 2.02. The van der Waals surface area contributed by atoms with Crippen molar-refractivity contribution in [2.75, 3.05) is 14.2 Å². The molecule has 0 radical (unpaired) electrons. The van der Waals surface area contributed by atoms with Gasteiger partial charge in [0.05, 0.1) is 14.2 Å². The Bertz CT molecular complexity index is 807. The lowest BCUT2D eigenvalue weighted by Crippen LogP contribution is -1.97. The summed E-state index contributed by atoms with van der Waals surface area (Å²) in [6.45, 7) is 2.18. The first-order valence-corrected chi connectivity index (χ1v) is 7.43. The van der Waals surface area contributed by atoms with Gasteiger partial charge in [-0.25, -0.2) is 0 Å². The maximum Gasteiger partial charge on any atom is 0.254 e. The van der Waals surface area contributed by atoms with E-state index in [2.05, 4.69) is 10.2 Å². The van der Waals surface area contributed by atoms with E-state index in [1.54, 1.807) is 32.4 Å². The van der Waals surface area contributed by atoms with Gasteiger partial charge in [-0.1, -0.05) is 17.7 Å². The van der Waals surface area contributed by atoms with Gasteiger partial charge in [0.2, 0.25) is 5.89 Å². The second-order valence-corrected chi connectivity index (χ2v) is 5.21. The average Bonchev–Trinajstić information content (AvgIpc) is 3.08. The van der Waals surface area contributed by atoms with Crippen molar-refractivity contribution in [2.45, 2.75) is 13.5 Å². The third-order valence-electron chi connectivity index (χ3n) is 3.42. The summed E-state index contributed by atoms with van der Waals surface area (Å²) < 4.78 is 21.8. The van der Waals surface area contributed by atoms with Crippen molar-refractivity contribution in [3.8, 4) is 28.7 Å². The van der Waals surface area contributed by atoms with Crippen LogP contribution in [0.25, 0.3) is 11.5 Å². The van der Waals surface area contributed by atoms with Gasteiger partial charge in [-0.05, 0) is 19.1 Å². The van der Waals surface area contributed by atoms with Gasteiger partial charge in [0.15, 0.2) is 6.61 Å². The lowest BCUT2D eigenvalue weighted by molar-refractivity contribution is 0.261. The molecule has 0 N–H and O–H groups in total. The van der Waals surface area contributed by atoms with Crippen molar-refractivity contribution in [1.29, 1.82) is 0 Å². The van der Waals surface area contributed by atoms with Gasteiger partial charge in [0.1, 0.15) is 17.2 Å². The van der Waals surface area contributed by atoms with Crippen LogP contribution in [0.2, 0.25) is 0 Å². The topological polar surface area (TPSA) is 66.6 Å². The third kappa shape index (κ3) is 3.65. The van der Waals surface area contributed by atoms with Crippen LogP contribution >= 0.6 is 0 Å². The highest BCUT2D eigenvalue weighted by Gasteiger charge is 2.10. The van der Waals surface area contributed by atoms with Crippen LogP contribution in [0.5, 0.6) is 17.2 Å². The summed E-state index contributed by atoms with van der Waals surface area (Å²) in [4.78, 5) is 0. The van der Waals surface area contributed by atoms with E-state index in [4.69, 9.17) is 18.6 Å². The zero-order valence-electron chi connectivity index (χ0n) is 13.8. The minimum Gasteiger partial charge on any atom is -0.496 e. The lowest BCUT2D eigenvalue weighted by atomic mass is 10.1. The molecule has 1 aromatic heterocycles. The van der Waals surface area contributed by atoms with Crippen LogP contribution in [-0.2, 0) is 6.61 Å². The Kier molecular flexibility index (Phi) is 4.65. The molecule has 0 aliphatic heterocycles. The highest BCUT2D eigenvalue weighted by atomic mass is 16.5. The summed E-state index contributed by atoms with van der Waals surface area (Å²) in [5.74, 6) is 2.76. The van der Waals surface area contributed by atoms with Crippen LogP contribution in [0.3, 0.4) is 0 Å². The van der Waals surface area contributed by atoms with Crippen LogP contribution in [0.4, 0.5) is 0 Å². The molecule has 6 nitrogen and oxygen atoms in total. The van der Waals surface area contributed by atoms with E-state index in [0.717, 1.165) is 11.1 Å². The van der Waals surface area contributed by atoms with Crippen molar-refractivity contribution in [3.05, 3.63) is 53.9 Å². The molecule has 0 aliphatic carbocycles. The number of hydrogen-bond acceptors (Lipinski definition) is 6. The number of methoxy groups -OCH3 is 2. The van der Waals surface area contributed by atoms with Crippen LogP contribution in [0, 0.1) is 6.92 Å². The number of aromatic nitrogens is 2.